The molecule has 0 amide bonds. The van der Waals surface area contributed by atoms with Crippen molar-refractivity contribution in [3.05, 3.63) is 5.82 Å². The second kappa shape index (κ2) is 3.82. The number of aryl methyl sites for hydroxylation is 1. The molecule has 2 rings (SSSR count). The number of nitrogens with two attached hydrogens (primary N) is 1. The Morgan fingerprint density at radius 2 is 2.43 bits per heavy atom. The van der Waals surface area contributed by atoms with Crippen molar-refractivity contribution in [2.45, 2.75) is 38.8 Å². The van der Waals surface area contributed by atoms with E-state index in [1.54, 1.807) is 0 Å². The molecule has 2 unspecified atom stereocenters. The van der Waals surface area contributed by atoms with Gasteiger partial charge in [-0.25, -0.2) is 4.98 Å². The van der Waals surface area contributed by atoms with Crippen LogP contribution in [0.25, 0.3) is 0 Å². The summed E-state index contributed by atoms with van der Waals surface area (Å²) in [5, 5.41) is 1.03. The number of anilines is 1. The summed E-state index contributed by atoms with van der Waals surface area (Å²) in [6, 6.07) is 0.677. The van der Waals surface area contributed by atoms with E-state index in [2.05, 4.69) is 28.1 Å². The molecule has 1 aromatic heterocycles. The Hall–Kier alpha value is -0.680. The Morgan fingerprint density at radius 1 is 1.64 bits per heavy atom. The van der Waals surface area contributed by atoms with Crippen molar-refractivity contribution in [2.24, 2.45) is 5.73 Å². The van der Waals surface area contributed by atoms with Crippen molar-refractivity contribution in [1.82, 2.24) is 9.36 Å². The molecule has 0 spiro atoms. The van der Waals surface area contributed by atoms with E-state index in [1.807, 2.05) is 0 Å². The van der Waals surface area contributed by atoms with Crippen molar-refractivity contribution < 1.29 is 0 Å². The molecule has 5 heteroatoms. The lowest BCUT2D eigenvalue weighted by Gasteiger charge is -2.21. The summed E-state index contributed by atoms with van der Waals surface area (Å²) in [4.78, 5) is 6.74. The molecule has 2 N–H and O–H groups in total. The van der Waals surface area contributed by atoms with Crippen molar-refractivity contribution in [3.8, 4) is 0 Å². The minimum absolute atomic E-state index is 0.281. The van der Waals surface area contributed by atoms with E-state index < -0.39 is 0 Å². The second-order valence-electron chi connectivity index (χ2n) is 3.73. The topological polar surface area (TPSA) is 55.0 Å². The van der Waals surface area contributed by atoms with Gasteiger partial charge in [0, 0.05) is 36.6 Å². The highest BCUT2D eigenvalue weighted by atomic mass is 32.1. The molecule has 1 saturated heterocycles. The third-order valence-corrected chi connectivity index (χ3v) is 3.63. The maximum absolute atomic E-state index is 5.96. The van der Waals surface area contributed by atoms with Gasteiger partial charge in [-0.15, -0.1) is 0 Å². The van der Waals surface area contributed by atoms with Gasteiger partial charge in [-0.3, -0.25) is 0 Å². The fraction of sp³-hybridized carbons (Fsp3) is 0.778. The van der Waals surface area contributed by atoms with Crippen molar-refractivity contribution in [3.63, 3.8) is 0 Å². The predicted molar refractivity (Wildman–Crippen MR) is 58.7 cm³/mol. The predicted octanol–water partition coefficient (Wildman–Crippen LogP) is 1.03. The first kappa shape index (κ1) is 9.86. The highest BCUT2D eigenvalue weighted by molar-refractivity contribution is 7.09. The molecule has 2 atom stereocenters. The number of rotatable bonds is 2. The van der Waals surface area contributed by atoms with E-state index in [0.717, 1.165) is 30.3 Å². The van der Waals surface area contributed by atoms with Crippen LogP contribution in [0.4, 0.5) is 5.13 Å². The zero-order chi connectivity index (χ0) is 10.1. The third kappa shape index (κ3) is 1.62. The summed E-state index contributed by atoms with van der Waals surface area (Å²) < 4.78 is 4.29. The van der Waals surface area contributed by atoms with Crippen molar-refractivity contribution in [2.75, 3.05) is 11.4 Å². The summed E-state index contributed by atoms with van der Waals surface area (Å²) in [6.45, 7) is 5.25. The fourth-order valence-corrected chi connectivity index (χ4v) is 2.60. The molecule has 0 aliphatic carbocycles. The van der Waals surface area contributed by atoms with E-state index in [4.69, 9.17) is 5.73 Å². The van der Waals surface area contributed by atoms with Crippen molar-refractivity contribution in [1.29, 1.82) is 0 Å². The smallest absolute Gasteiger partial charge is 0.205 e. The van der Waals surface area contributed by atoms with Gasteiger partial charge < -0.3 is 10.6 Å². The van der Waals surface area contributed by atoms with Crippen LogP contribution in [0, 0.1) is 0 Å². The van der Waals surface area contributed by atoms with Crippen molar-refractivity contribution >= 4 is 16.7 Å². The minimum atomic E-state index is 0.281. The van der Waals surface area contributed by atoms with Gasteiger partial charge in [0.15, 0.2) is 0 Å². The molecule has 2 heterocycles. The van der Waals surface area contributed by atoms with Crippen LogP contribution in [0.3, 0.4) is 0 Å². The van der Waals surface area contributed by atoms with Crippen LogP contribution in [0.2, 0.25) is 0 Å². The molecule has 1 fully saturated rings. The molecule has 0 bridgehead atoms. The largest absolute Gasteiger partial charge is 0.343 e. The summed E-state index contributed by atoms with van der Waals surface area (Å²) in [5.74, 6) is 0.942. The fourth-order valence-electron chi connectivity index (χ4n) is 1.74. The lowest BCUT2D eigenvalue weighted by atomic mass is 10.2. The van der Waals surface area contributed by atoms with Gasteiger partial charge in [0.1, 0.15) is 5.82 Å². The molecule has 1 aromatic rings. The standard InChI is InChI=1S/C9H16N4S/c1-3-8-11-9(14-12-8)13-5-4-7(10)6(13)2/h6-7H,3-5,10H2,1-2H3. The molecular weight excluding hydrogens is 196 g/mol. The second-order valence-corrected chi connectivity index (χ2v) is 4.46. The van der Waals surface area contributed by atoms with Crippen LogP contribution in [-0.4, -0.2) is 28.0 Å². The molecule has 4 nitrogen and oxygen atoms in total. The molecule has 0 aromatic carbocycles. The van der Waals surface area contributed by atoms with Crippen LogP contribution >= 0.6 is 11.5 Å². The lowest BCUT2D eigenvalue weighted by molar-refractivity contribution is 0.623. The van der Waals surface area contributed by atoms with E-state index in [9.17, 15) is 0 Å². The Balaban J connectivity index is 2.15. The van der Waals surface area contributed by atoms with E-state index >= 15 is 0 Å². The Kier molecular flexibility index (Phi) is 2.69. The normalized spacial score (nSPS) is 27.2. The molecule has 1 aliphatic heterocycles. The van der Waals surface area contributed by atoms with Crippen LogP contribution in [0.1, 0.15) is 26.1 Å². The van der Waals surface area contributed by atoms with Crippen LogP contribution in [0.15, 0.2) is 0 Å². The SMILES string of the molecule is CCc1nsc(N2CCC(N)C2C)n1. The van der Waals surface area contributed by atoms with Gasteiger partial charge in [0.05, 0.1) is 0 Å². The van der Waals surface area contributed by atoms with Gasteiger partial charge >= 0.3 is 0 Å². The zero-order valence-corrected chi connectivity index (χ0v) is 9.42. The molecular formula is C9H16N4S. The Morgan fingerprint density at radius 3 is 2.93 bits per heavy atom. The first-order valence-corrected chi connectivity index (χ1v) is 5.84. The minimum Gasteiger partial charge on any atom is -0.343 e. The number of hydrogen-bond acceptors (Lipinski definition) is 5. The first-order chi connectivity index (χ1) is 6.72. The van der Waals surface area contributed by atoms with E-state index in [0.29, 0.717) is 6.04 Å². The summed E-state index contributed by atoms with van der Waals surface area (Å²) in [5.41, 5.74) is 5.96. The third-order valence-electron chi connectivity index (χ3n) is 2.83. The molecule has 0 radical (unpaired) electrons. The highest BCUT2D eigenvalue weighted by Crippen LogP contribution is 2.26. The van der Waals surface area contributed by atoms with Crippen LogP contribution in [0.5, 0.6) is 0 Å². The zero-order valence-electron chi connectivity index (χ0n) is 8.60. The molecule has 1 aliphatic rings. The van der Waals surface area contributed by atoms with Gasteiger partial charge in [0.25, 0.3) is 0 Å². The number of hydrogen-bond donors (Lipinski definition) is 1. The van der Waals surface area contributed by atoms with E-state index in [1.165, 1.54) is 11.5 Å². The van der Waals surface area contributed by atoms with Crippen LogP contribution in [-0.2, 0) is 6.42 Å². The maximum Gasteiger partial charge on any atom is 0.205 e. The summed E-state index contributed by atoms with van der Waals surface area (Å²) in [6.07, 6.45) is 1.97. The van der Waals surface area contributed by atoms with Gasteiger partial charge in [-0.05, 0) is 13.3 Å². The first-order valence-electron chi connectivity index (χ1n) is 5.07. The quantitative estimate of drug-likeness (QED) is 0.795. The van der Waals surface area contributed by atoms with E-state index in [-0.39, 0.29) is 6.04 Å². The van der Waals surface area contributed by atoms with Gasteiger partial charge in [-0.2, -0.15) is 4.37 Å². The van der Waals surface area contributed by atoms with Crippen LogP contribution < -0.4 is 10.6 Å². The lowest BCUT2D eigenvalue weighted by Crippen LogP contribution is -2.36. The summed E-state index contributed by atoms with van der Waals surface area (Å²) in [7, 11) is 0. The summed E-state index contributed by atoms with van der Waals surface area (Å²) >= 11 is 1.49. The van der Waals surface area contributed by atoms with Gasteiger partial charge in [-0.1, -0.05) is 6.92 Å². The monoisotopic (exact) mass is 212 g/mol. The highest BCUT2D eigenvalue weighted by Gasteiger charge is 2.29. The Labute approximate surface area is 88.3 Å². The average molecular weight is 212 g/mol. The number of nitrogens with zero attached hydrogens (tertiary/aromatic N) is 3. The Bertz CT molecular complexity index is 312. The molecule has 14 heavy (non-hydrogen) atoms. The van der Waals surface area contributed by atoms with Gasteiger partial charge in [0.2, 0.25) is 5.13 Å². The maximum atomic E-state index is 5.96. The molecule has 0 saturated carbocycles. The number of aromatic nitrogens is 2. The average Bonchev–Trinajstić information content (AvgIpc) is 2.75. The molecule has 78 valence electrons.